The fourth-order valence-electron chi connectivity index (χ4n) is 18.2. The molecule has 18 rings (SSSR count). The lowest BCUT2D eigenvalue weighted by Gasteiger charge is -2.45. The molecule has 6 heteroatoms. The number of fused-ring (bicyclic) bond motifs is 13. The van der Waals surface area contributed by atoms with E-state index in [0.717, 1.165) is 62.2 Å². The molecule has 5 heterocycles. The zero-order valence-electron chi connectivity index (χ0n) is 60.7. The van der Waals surface area contributed by atoms with Crippen LogP contribution in [0.4, 0.5) is 17.1 Å². The minimum Gasteiger partial charge on any atom is -0.456 e. The molecule has 0 amide bonds. The maximum Gasteiger partial charge on any atom is 0.256 e. The van der Waals surface area contributed by atoms with Crippen molar-refractivity contribution in [3.8, 4) is 73.2 Å². The molecule has 0 saturated heterocycles. The second-order valence-electron chi connectivity index (χ2n) is 34.5. The predicted octanol–water partition coefficient (Wildman–Crippen LogP) is 22.1. The standard InChI is InChI=1S/C94H92B2N2O2/c1-91(2,3)69-37-23-59(24-38-69)60-31-45-73(46-32-60)97-81-48-34-65(62-27-41-71(42-28-62)93(7,8)9)53-76(81)95-77-54-66(57-19-15-13-16-20-57)35-49-82(77)100-90-84(95)87(97)89-85-88(90)98-80-47-33-64(61-25-39-70(40-26-61)92(4,5)6)51-74(80)75-52-68(63-29-43-72(44-30-63)94(10,11)12)56-79(86(75)98)96(85)78-55-67(36-50-83(78)99-89)58-21-17-14-18-22-58/h23-58H,13-22H2,1-12H3. The van der Waals surface area contributed by atoms with Crippen LogP contribution in [0.5, 0.6) is 23.0 Å². The minimum absolute atomic E-state index is 0.0134. The zero-order chi connectivity index (χ0) is 68.5. The molecule has 4 nitrogen and oxygen atoms in total. The summed E-state index contributed by atoms with van der Waals surface area (Å²) >= 11 is 0. The highest BCUT2D eigenvalue weighted by atomic mass is 16.5. The maximum atomic E-state index is 8.14. The van der Waals surface area contributed by atoms with Gasteiger partial charge in [-0.05, 0) is 207 Å². The first-order valence-corrected chi connectivity index (χ1v) is 37.6. The van der Waals surface area contributed by atoms with E-state index in [1.54, 1.807) is 0 Å². The van der Waals surface area contributed by atoms with Gasteiger partial charge in [0.25, 0.3) is 13.4 Å². The smallest absolute Gasteiger partial charge is 0.256 e. The lowest BCUT2D eigenvalue weighted by Crippen LogP contribution is -2.63. The van der Waals surface area contributed by atoms with E-state index in [1.807, 2.05) is 0 Å². The highest BCUT2D eigenvalue weighted by molar-refractivity contribution is 7.02. The Kier molecular flexibility index (Phi) is 14.6. The summed E-state index contributed by atoms with van der Waals surface area (Å²) in [7, 11) is 0. The van der Waals surface area contributed by atoms with Gasteiger partial charge in [-0.3, -0.25) is 0 Å². The molecule has 6 aliphatic rings. The van der Waals surface area contributed by atoms with Gasteiger partial charge in [-0.1, -0.05) is 279 Å². The van der Waals surface area contributed by atoms with Crippen molar-refractivity contribution < 1.29 is 9.47 Å². The fraction of sp³-hybridized carbons (Fsp3) is 0.298. The summed E-state index contributed by atoms with van der Waals surface area (Å²) in [5.41, 5.74) is 32.1. The van der Waals surface area contributed by atoms with Gasteiger partial charge in [-0.2, -0.15) is 0 Å². The number of aromatic nitrogens is 1. The Hall–Kier alpha value is -9.25. The van der Waals surface area contributed by atoms with Crippen LogP contribution in [-0.4, -0.2) is 18.0 Å². The van der Waals surface area contributed by atoms with Crippen LogP contribution in [-0.2, 0) is 21.7 Å². The quantitative estimate of drug-likeness (QED) is 0.149. The Morgan fingerprint density at radius 2 is 0.710 bits per heavy atom. The average molecular weight is 1300 g/mol. The van der Waals surface area contributed by atoms with Crippen molar-refractivity contribution in [1.29, 1.82) is 0 Å². The third-order valence-electron chi connectivity index (χ3n) is 24.0. The molecule has 2 aliphatic carbocycles. The molecule has 1 aromatic heterocycles. The van der Waals surface area contributed by atoms with Crippen molar-refractivity contribution in [3.63, 3.8) is 0 Å². The van der Waals surface area contributed by atoms with Gasteiger partial charge in [0.1, 0.15) is 23.0 Å². The maximum absolute atomic E-state index is 8.14. The van der Waals surface area contributed by atoms with E-state index >= 15 is 0 Å². The van der Waals surface area contributed by atoms with Crippen LogP contribution in [0.1, 0.15) is 193 Å². The molecule has 11 aromatic carbocycles. The van der Waals surface area contributed by atoms with Gasteiger partial charge in [-0.25, -0.2) is 0 Å². The lowest BCUT2D eigenvalue weighted by molar-refractivity contribution is 0.442. The number of anilines is 3. The molecule has 0 atom stereocenters. The number of ether oxygens (including phenoxy) is 2. The Labute approximate surface area is 594 Å². The molecule has 4 aliphatic heterocycles. The van der Waals surface area contributed by atoms with E-state index < -0.39 is 0 Å². The van der Waals surface area contributed by atoms with Crippen LogP contribution in [0.15, 0.2) is 206 Å². The summed E-state index contributed by atoms with van der Waals surface area (Å²) in [6.45, 7) is 27.2. The van der Waals surface area contributed by atoms with E-state index in [2.05, 4.69) is 299 Å². The second-order valence-corrected chi connectivity index (χ2v) is 34.5. The van der Waals surface area contributed by atoms with Crippen molar-refractivity contribution in [2.24, 2.45) is 0 Å². The highest BCUT2D eigenvalue weighted by Crippen LogP contribution is 2.53. The summed E-state index contributed by atoms with van der Waals surface area (Å²) < 4.78 is 18.9. The van der Waals surface area contributed by atoms with Crippen LogP contribution >= 0.6 is 0 Å². The molecule has 0 spiro atoms. The Bertz CT molecular complexity index is 5270. The molecule has 2 saturated carbocycles. The average Bonchev–Trinajstić information content (AvgIpc) is 1.18. The summed E-state index contributed by atoms with van der Waals surface area (Å²) in [6.07, 6.45) is 12.5. The molecule has 2 fully saturated rings. The van der Waals surface area contributed by atoms with Crippen LogP contribution in [0, 0.1) is 0 Å². The van der Waals surface area contributed by atoms with Gasteiger partial charge >= 0.3 is 0 Å². The third-order valence-corrected chi connectivity index (χ3v) is 24.0. The topological polar surface area (TPSA) is 26.6 Å². The number of benzene rings is 11. The number of rotatable bonds is 7. The van der Waals surface area contributed by atoms with Gasteiger partial charge in [0.2, 0.25) is 0 Å². The van der Waals surface area contributed by atoms with E-state index in [-0.39, 0.29) is 35.1 Å². The molecule has 0 unspecified atom stereocenters. The van der Waals surface area contributed by atoms with Gasteiger partial charge in [0, 0.05) is 38.6 Å². The first kappa shape index (κ1) is 63.0. The van der Waals surface area contributed by atoms with E-state index in [1.165, 1.54) is 180 Å². The van der Waals surface area contributed by atoms with E-state index in [9.17, 15) is 0 Å². The molecule has 0 radical (unpaired) electrons. The van der Waals surface area contributed by atoms with Crippen molar-refractivity contribution in [2.45, 2.75) is 181 Å². The summed E-state index contributed by atoms with van der Waals surface area (Å²) in [6, 6.07) is 81.2. The number of hydrogen-bond donors (Lipinski definition) is 0. The normalized spacial score (nSPS) is 15.8. The number of hydrogen-bond acceptors (Lipinski definition) is 3. The van der Waals surface area contributed by atoms with Crippen LogP contribution in [0.2, 0.25) is 0 Å². The van der Waals surface area contributed by atoms with Gasteiger partial charge in [0.15, 0.2) is 0 Å². The fourth-order valence-corrected chi connectivity index (χ4v) is 18.2. The van der Waals surface area contributed by atoms with Gasteiger partial charge in [-0.15, -0.1) is 0 Å². The van der Waals surface area contributed by atoms with Crippen molar-refractivity contribution in [3.05, 3.63) is 240 Å². The van der Waals surface area contributed by atoms with Crippen LogP contribution < -0.4 is 47.2 Å². The van der Waals surface area contributed by atoms with Crippen LogP contribution in [0.3, 0.4) is 0 Å². The summed E-state index contributed by atoms with van der Waals surface area (Å²) in [4.78, 5) is 2.58. The molecule has 100 heavy (non-hydrogen) atoms. The monoisotopic (exact) mass is 1300 g/mol. The van der Waals surface area contributed by atoms with Crippen molar-refractivity contribution in [1.82, 2.24) is 4.57 Å². The summed E-state index contributed by atoms with van der Waals surface area (Å²) in [5, 5.41) is 2.47. The van der Waals surface area contributed by atoms with E-state index in [4.69, 9.17) is 9.47 Å². The lowest BCUT2D eigenvalue weighted by atomic mass is 9.31. The zero-order valence-corrected chi connectivity index (χ0v) is 60.7. The minimum atomic E-state index is -0.214. The molecular weight excluding hydrogens is 1210 g/mol. The van der Waals surface area contributed by atoms with E-state index in [0.29, 0.717) is 11.8 Å². The molecule has 12 aromatic rings. The number of nitrogens with zero attached hydrogens (tertiary/aromatic N) is 2. The predicted molar refractivity (Wildman–Crippen MR) is 426 cm³/mol. The van der Waals surface area contributed by atoms with Crippen molar-refractivity contribution in [2.75, 3.05) is 4.90 Å². The van der Waals surface area contributed by atoms with Gasteiger partial charge < -0.3 is 18.9 Å². The second kappa shape index (κ2) is 23.1. The Morgan fingerprint density at radius 1 is 0.330 bits per heavy atom. The summed E-state index contributed by atoms with van der Waals surface area (Å²) in [5.74, 6) is 4.67. The largest absolute Gasteiger partial charge is 0.456 e. The molecule has 0 N–H and O–H groups in total. The molecular formula is C94H92B2N2O2. The first-order valence-electron chi connectivity index (χ1n) is 37.6. The Balaban J connectivity index is 0.956. The Morgan fingerprint density at radius 3 is 1.19 bits per heavy atom. The third kappa shape index (κ3) is 10.4. The highest BCUT2D eigenvalue weighted by Gasteiger charge is 2.52. The molecule has 496 valence electrons. The first-order chi connectivity index (χ1) is 48.1. The van der Waals surface area contributed by atoms with Crippen molar-refractivity contribution >= 4 is 85.1 Å². The van der Waals surface area contributed by atoms with Crippen LogP contribution in [0.25, 0.3) is 72.0 Å². The SMILES string of the molecule is CC(C)(C)c1ccc(-c2ccc(N3c4ccc(-c5ccc(C(C)(C)C)cc5)cc4B4c5cc(C6CCCCC6)ccc5Oc5c4c3c3c4c5-n5c6ccc(-c7ccc(C(C)(C)C)cc7)cc6c6cc(-c7ccc(C(C)(C)C)cc7)cc(c65)B4c4cc(C5CCCCC5)ccc4O3)cc2)cc1. The molecule has 0 bridgehead atoms. The van der Waals surface area contributed by atoms with Gasteiger partial charge in [0.05, 0.1) is 16.9 Å².